The first-order valence-corrected chi connectivity index (χ1v) is 20.1. The number of aliphatic hydroxyl groups excluding tert-OH is 4. The molecule has 0 bridgehead atoms. The maximum Gasteiger partial charge on any atom is 0.297 e. The van der Waals surface area contributed by atoms with Gasteiger partial charge in [0.25, 0.3) is 13.7 Å². The SMILES string of the molecule is CC#CC#CC#CC#CC#CC#CC#CC#CC#CC#CC#CC#CC(=O)N[C@@H](COP(=O)([O-])OC[C@H](O)CO)[C@H](O)[C@H](O)CCCCCCCCCCCCCC. The highest BCUT2D eigenvalue weighted by Crippen LogP contribution is 2.38. The molecule has 0 aliphatic carbocycles. The molecule has 11 heteroatoms. The molecule has 0 heterocycles. The van der Waals surface area contributed by atoms with E-state index in [9.17, 15) is 29.6 Å². The molecule has 0 aromatic heterocycles. The summed E-state index contributed by atoms with van der Waals surface area (Å²) in [5.41, 5.74) is 0. The fraction of sp³-hybridized carbons (Fsp3) is 0.468. The van der Waals surface area contributed by atoms with Gasteiger partial charge in [-0.05, 0) is 108 Å². The number of carbonyl (C=O) groups excluding carboxylic acids is 1. The zero-order chi connectivity index (χ0) is 42.8. The number of aliphatic hydroxyl groups is 4. The molecule has 0 saturated heterocycles. The Balaban J connectivity index is 5.11. The lowest BCUT2D eigenvalue weighted by Gasteiger charge is -2.30. The molecule has 10 nitrogen and oxygen atoms in total. The molecule has 0 aliphatic heterocycles. The van der Waals surface area contributed by atoms with E-state index in [1.54, 1.807) is 6.92 Å². The number of carbonyl (C=O) groups is 1. The smallest absolute Gasteiger partial charge is 0.297 e. The minimum absolute atomic E-state index is 0.197. The molecular weight excluding hydrogens is 753 g/mol. The van der Waals surface area contributed by atoms with Crippen LogP contribution >= 0.6 is 7.82 Å². The summed E-state index contributed by atoms with van der Waals surface area (Å²) in [6.45, 7) is 1.55. The summed E-state index contributed by atoms with van der Waals surface area (Å²) in [5, 5.41) is 42.0. The third-order valence-electron chi connectivity index (χ3n) is 7.14. The number of phosphoric acid groups is 1. The molecule has 0 saturated carbocycles. The summed E-state index contributed by atoms with van der Waals surface area (Å²) in [4.78, 5) is 24.6. The van der Waals surface area contributed by atoms with Crippen LogP contribution in [-0.2, 0) is 18.4 Å². The lowest BCUT2D eigenvalue weighted by molar-refractivity contribution is -0.228. The summed E-state index contributed by atoms with van der Waals surface area (Å²) in [6.07, 6.45) is 9.24. The van der Waals surface area contributed by atoms with E-state index in [0.29, 0.717) is 6.42 Å². The summed E-state index contributed by atoms with van der Waals surface area (Å²) >= 11 is 0. The Morgan fingerprint density at radius 1 is 0.586 bits per heavy atom. The van der Waals surface area contributed by atoms with Crippen LogP contribution in [0.5, 0.6) is 0 Å². The number of nitrogens with one attached hydrogen (secondary N) is 1. The lowest BCUT2D eigenvalue weighted by atomic mass is 9.99. The molecule has 1 unspecified atom stereocenters. The molecule has 1 amide bonds. The van der Waals surface area contributed by atoms with E-state index in [0.717, 1.165) is 25.7 Å². The second kappa shape index (κ2) is 38.0. The molecule has 5 atom stereocenters. The largest absolute Gasteiger partial charge is 0.756 e. The van der Waals surface area contributed by atoms with E-state index in [-0.39, 0.29) is 6.42 Å². The number of hydrogen-bond acceptors (Lipinski definition) is 9. The van der Waals surface area contributed by atoms with Gasteiger partial charge in [-0.15, -0.1) is 0 Å². The van der Waals surface area contributed by atoms with Crippen LogP contribution in [0.3, 0.4) is 0 Å². The zero-order valence-corrected chi connectivity index (χ0v) is 33.8. The first-order valence-electron chi connectivity index (χ1n) is 18.6. The van der Waals surface area contributed by atoms with Gasteiger partial charge < -0.3 is 39.7 Å². The Hall–Kier alpha value is -5.86. The molecule has 5 N–H and O–H groups in total. The van der Waals surface area contributed by atoms with E-state index in [4.69, 9.17) is 9.63 Å². The number of unbranched alkanes of at least 4 members (excludes halogenated alkanes) is 11. The Morgan fingerprint density at radius 2 is 0.948 bits per heavy atom. The Bertz CT molecular complexity index is 2120. The van der Waals surface area contributed by atoms with Gasteiger partial charge in [-0.2, -0.15) is 0 Å². The van der Waals surface area contributed by atoms with Crippen LogP contribution < -0.4 is 10.2 Å². The van der Waals surface area contributed by atoms with E-state index >= 15 is 0 Å². The molecule has 300 valence electrons. The average molecular weight is 801 g/mol. The van der Waals surface area contributed by atoms with Gasteiger partial charge in [-0.1, -0.05) is 89.9 Å². The van der Waals surface area contributed by atoms with Crippen LogP contribution in [0, 0.1) is 142 Å². The molecule has 58 heavy (non-hydrogen) atoms. The van der Waals surface area contributed by atoms with Gasteiger partial charge in [-0.25, -0.2) is 0 Å². The standard InChI is InChI=1S/C47H48NO9P/c1-3-5-7-9-11-13-15-17-18-19-20-21-22-23-24-25-26-27-29-31-33-35-37-39-46(52)48-44(42-57-58(54,55)56-41-43(50)40-49)47(53)45(51)38-36-34-32-30-28-16-14-12-10-8-6-4-2/h43-45,47,49-51,53H,4,6,8,10,12,14,16,28,30,32,34,36,38,40-42H2,1-2H3,(H,48,52)(H,54,55)/p-1/t43-,44+,45-,47+/m1/s1. The van der Waals surface area contributed by atoms with Crippen molar-refractivity contribution >= 4 is 13.7 Å². The van der Waals surface area contributed by atoms with E-state index in [1.807, 2.05) is 0 Å². The van der Waals surface area contributed by atoms with Crippen molar-refractivity contribution in [2.24, 2.45) is 0 Å². The maximum absolute atomic E-state index is 12.5. The summed E-state index contributed by atoms with van der Waals surface area (Å²) in [7, 11) is -5.02. The van der Waals surface area contributed by atoms with Gasteiger partial charge in [-0.3, -0.25) is 9.36 Å². The van der Waals surface area contributed by atoms with E-state index in [2.05, 4.69) is 159 Å². The van der Waals surface area contributed by atoms with Gasteiger partial charge >= 0.3 is 0 Å². The van der Waals surface area contributed by atoms with Crippen molar-refractivity contribution in [3.8, 4) is 142 Å². The van der Waals surface area contributed by atoms with Crippen LogP contribution in [0.2, 0.25) is 0 Å². The minimum Gasteiger partial charge on any atom is -0.756 e. The van der Waals surface area contributed by atoms with Crippen molar-refractivity contribution in [2.75, 3.05) is 19.8 Å². The topological polar surface area (TPSA) is 169 Å². The summed E-state index contributed by atoms with van der Waals surface area (Å²) in [6, 6.07) is -1.42. The molecule has 0 aliphatic rings. The second-order valence-electron chi connectivity index (χ2n) is 11.8. The number of hydrogen-bond donors (Lipinski definition) is 5. The van der Waals surface area contributed by atoms with Crippen molar-refractivity contribution in [3.05, 3.63) is 0 Å². The van der Waals surface area contributed by atoms with Crippen LogP contribution in [0.25, 0.3) is 0 Å². The third-order valence-corrected chi connectivity index (χ3v) is 8.07. The van der Waals surface area contributed by atoms with Gasteiger partial charge in [0.05, 0.1) is 32.0 Å². The summed E-state index contributed by atoms with van der Waals surface area (Å²) in [5.74, 6) is 57.8. The molecule has 0 rings (SSSR count). The highest BCUT2D eigenvalue weighted by atomic mass is 31.2. The van der Waals surface area contributed by atoms with Crippen molar-refractivity contribution in [3.63, 3.8) is 0 Å². The lowest BCUT2D eigenvalue weighted by Crippen LogP contribution is -2.51. The Labute approximate surface area is 345 Å². The Kier molecular flexibility index (Phi) is 34.2. The third kappa shape index (κ3) is 34.6. The normalized spacial score (nSPS) is 11.6. The average Bonchev–Trinajstić information content (AvgIpc) is 3.21. The maximum atomic E-state index is 12.5. The highest BCUT2D eigenvalue weighted by Gasteiger charge is 2.29. The number of amides is 1. The molecule has 0 spiro atoms. The molecular formula is C47H47NO9P-. The second-order valence-corrected chi connectivity index (χ2v) is 13.2. The highest BCUT2D eigenvalue weighted by molar-refractivity contribution is 7.45. The summed E-state index contributed by atoms with van der Waals surface area (Å²) < 4.78 is 21.4. The predicted molar refractivity (Wildman–Crippen MR) is 221 cm³/mol. The van der Waals surface area contributed by atoms with Crippen molar-refractivity contribution in [2.45, 2.75) is 122 Å². The molecule has 0 aromatic rings. The van der Waals surface area contributed by atoms with Gasteiger partial charge in [0.2, 0.25) is 0 Å². The molecule has 0 radical (unpaired) electrons. The van der Waals surface area contributed by atoms with Crippen LogP contribution in [0.15, 0.2) is 0 Å². The first kappa shape index (κ1) is 52.1. The number of phosphoric ester groups is 1. The van der Waals surface area contributed by atoms with Gasteiger partial charge in [0.15, 0.2) is 0 Å². The quantitative estimate of drug-likeness (QED) is 0.0592. The van der Waals surface area contributed by atoms with Crippen LogP contribution in [0.1, 0.15) is 97.3 Å². The fourth-order valence-corrected chi connectivity index (χ4v) is 5.05. The monoisotopic (exact) mass is 800 g/mol. The van der Waals surface area contributed by atoms with Crippen molar-refractivity contribution < 1.29 is 43.7 Å². The fourth-order valence-electron chi connectivity index (χ4n) is 4.28. The van der Waals surface area contributed by atoms with E-state index in [1.165, 1.54) is 44.9 Å². The van der Waals surface area contributed by atoms with Crippen LogP contribution in [-0.4, -0.2) is 70.5 Å². The van der Waals surface area contributed by atoms with E-state index < -0.39 is 57.9 Å². The van der Waals surface area contributed by atoms with Crippen molar-refractivity contribution in [1.82, 2.24) is 5.32 Å². The van der Waals surface area contributed by atoms with Crippen LogP contribution in [0.4, 0.5) is 0 Å². The Morgan fingerprint density at radius 3 is 1.34 bits per heavy atom. The van der Waals surface area contributed by atoms with Gasteiger partial charge in [0, 0.05) is 41.4 Å². The molecule has 0 fully saturated rings. The molecule has 0 aromatic carbocycles. The zero-order valence-electron chi connectivity index (χ0n) is 32.9. The number of rotatable bonds is 23. The van der Waals surface area contributed by atoms with Crippen molar-refractivity contribution in [1.29, 1.82) is 0 Å². The minimum atomic E-state index is -5.02. The predicted octanol–water partition coefficient (Wildman–Crippen LogP) is 2.20. The van der Waals surface area contributed by atoms with Gasteiger partial charge in [0.1, 0.15) is 12.2 Å². The first-order chi connectivity index (χ1) is 28.2.